The van der Waals surface area contributed by atoms with Crippen LogP contribution < -0.4 is 4.74 Å². The fourth-order valence-corrected chi connectivity index (χ4v) is 2.44. The molecule has 0 aliphatic heterocycles. The third kappa shape index (κ3) is 5.92. The van der Waals surface area contributed by atoms with E-state index in [0.717, 1.165) is 12.2 Å². The normalized spacial score (nSPS) is 10.7. The summed E-state index contributed by atoms with van der Waals surface area (Å²) in [5.41, 5.74) is 0. The van der Waals surface area contributed by atoms with Crippen LogP contribution in [0, 0.1) is 0 Å². The minimum Gasteiger partial charge on any atom is -0.490 e. The maximum Gasteiger partial charge on any atom is 0.151 e. The molecule has 0 aromatic heterocycles. The number of oxime groups is 1. The molecular weight excluding hydrogens is 282 g/mol. The van der Waals surface area contributed by atoms with Crippen molar-refractivity contribution in [2.75, 3.05) is 13.2 Å². The molecule has 21 heavy (non-hydrogen) atoms. The summed E-state index contributed by atoms with van der Waals surface area (Å²) in [4.78, 5) is 7.46. The van der Waals surface area contributed by atoms with Crippen molar-refractivity contribution in [3.8, 4) is 5.75 Å². The van der Waals surface area contributed by atoms with Gasteiger partial charge in [0.05, 0.1) is 0 Å². The quantitative estimate of drug-likeness (QED) is 0.404. The largest absolute Gasteiger partial charge is 0.490 e. The lowest BCUT2D eigenvalue weighted by molar-refractivity contribution is 0.108. The lowest BCUT2D eigenvalue weighted by Crippen LogP contribution is -2.03. The molecular formula is C17H19NO2S. The average Bonchev–Trinajstić information content (AvgIpc) is 2.53. The zero-order valence-electron chi connectivity index (χ0n) is 12.1. The van der Waals surface area contributed by atoms with Gasteiger partial charge in [0.15, 0.2) is 6.61 Å². The number of benzene rings is 2. The standard InChI is InChI=1S/C17H19NO2S/c1-2-12-18-20-14-13-19-15-8-10-17(11-9-15)21-16-6-4-3-5-7-16/h3-12H,2,13-14H2,1H3. The second-order valence-corrected chi connectivity index (χ2v) is 5.41. The second-order valence-electron chi connectivity index (χ2n) is 4.26. The molecule has 0 fully saturated rings. The van der Waals surface area contributed by atoms with E-state index in [9.17, 15) is 0 Å². The zero-order valence-corrected chi connectivity index (χ0v) is 12.9. The molecule has 0 spiro atoms. The van der Waals surface area contributed by atoms with Crippen molar-refractivity contribution in [1.82, 2.24) is 0 Å². The Labute approximate surface area is 130 Å². The summed E-state index contributed by atoms with van der Waals surface area (Å²) in [5, 5.41) is 3.77. The summed E-state index contributed by atoms with van der Waals surface area (Å²) in [6, 6.07) is 18.4. The van der Waals surface area contributed by atoms with Crippen LogP contribution >= 0.6 is 11.8 Å². The van der Waals surface area contributed by atoms with Crippen molar-refractivity contribution < 1.29 is 9.57 Å². The Morgan fingerprint density at radius 3 is 2.38 bits per heavy atom. The molecule has 2 rings (SSSR count). The van der Waals surface area contributed by atoms with E-state index in [2.05, 4.69) is 29.4 Å². The van der Waals surface area contributed by atoms with Crippen LogP contribution in [-0.2, 0) is 4.84 Å². The van der Waals surface area contributed by atoms with Crippen LogP contribution in [0.15, 0.2) is 69.5 Å². The number of nitrogens with zero attached hydrogens (tertiary/aromatic N) is 1. The summed E-state index contributed by atoms with van der Waals surface area (Å²) in [6.45, 7) is 2.96. The van der Waals surface area contributed by atoms with Crippen LogP contribution in [0.25, 0.3) is 0 Å². The van der Waals surface area contributed by atoms with Crippen molar-refractivity contribution in [3.05, 3.63) is 54.6 Å². The average molecular weight is 301 g/mol. The first-order valence-corrected chi connectivity index (χ1v) is 7.79. The Hall–Kier alpha value is -1.94. The molecule has 110 valence electrons. The highest BCUT2D eigenvalue weighted by atomic mass is 32.2. The van der Waals surface area contributed by atoms with E-state index in [1.54, 1.807) is 18.0 Å². The van der Waals surface area contributed by atoms with Gasteiger partial charge in [0, 0.05) is 16.0 Å². The first kappa shape index (κ1) is 15.4. The SMILES string of the molecule is CCC=NOCCOc1ccc(Sc2ccccc2)cc1. The first-order valence-electron chi connectivity index (χ1n) is 6.98. The predicted octanol–water partition coefficient (Wildman–Crippen LogP) is 4.63. The minimum atomic E-state index is 0.455. The summed E-state index contributed by atoms with van der Waals surface area (Å²) >= 11 is 1.73. The maximum atomic E-state index is 5.58. The summed E-state index contributed by atoms with van der Waals surface area (Å²) in [5.74, 6) is 0.843. The highest BCUT2D eigenvalue weighted by Gasteiger charge is 1.98. The Kier molecular flexibility index (Phi) is 6.68. The maximum absolute atomic E-state index is 5.58. The fraction of sp³-hybridized carbons (Fsp3) is 0.235. The molecule has 3 nitrogen and oxygen atoms in total. The highest BCUT2D eigenvalue weighted by Crippen LogP contribution is 2.28. The molecule has 0 N–H and O–H groups in total. The summed E-state index contributed by atoms with van der Waals surface area (Å²) < 4.78 is 5.58. The molecule has 2 aromatic carbocycles. The fourth-order valence-electron chi connectivity index (χ4n) is 1.61. The summed E-state index contributed by atoms with van der Waals surface area (Å²) in [6.07, 6.45) is 2.61. The van der Waals surface area contributed by atoms with Gasteiger partial charge < -0.3 is 9.57 Å². The Bertz CT molecular complexity index is 540. The molecule has 0 saturated heterocycles. The van der Waals surface area contributed by atoms with E-state index in [1.165, 1.54) is 9.79 Å². The van der Waals surface area contributed by atoms with Crippen LogP contribution in [0.2, 0.25) is 0 Å². The minimum absolute atomic E-state index is 0.455. The van der Waals surface area contributed by atoms with Gasteiger partial charge in [0.2, 0.25) is 0 Å². The van der Waals surface area contributed by atoms with E-state index < -0.39 is 0 Å². The van der Waals surface area contributed by atoms with Crippen LogP contribution in [0.3, 0.4) is 0 Å². The van der Waals surface area contributed by atoms with Crippen molar-refractivity contribution >= 4 is 18.0 Å². The van der Waals surface area contributed by atoms with Gasteiger partial charge in [-0.2, -0.15) is 0 Å². The number of rotatable bonds is 8. The Morgan fingerprint density at radius 2 is 1.67 bits per heavy atom. The van der Waals surface area contributed by atoms with Gasteiger partial charge in [-0.1, -0.05) is 42.0 Å². The number of ether oxygens (including phenoxy) is 1. The third-order valence-electron chi connectivity index (χ3n) is 2.58. The molecule has 0 amide bonds. The monoisotopic (exact) mass is 301 g/mol. The summed E-state index contributed by atoms with van der Waals surface area (Å²) in [7, 11) is 0. The van der Waals surface area contributed by atoms with Gasteiger partial charge in [-0.25, -0.2) is 0 Å². The van der Waals surface area contributed by atoms with Gasteiger partial charge in [-0.15, -0.1) is 0 Å². The lowest BCUT2D eigenvalue weighted by Gasteiger charge is -2.06. The van der Waals surface area contributed by atoms with Gasteiger partial charge >= 0.3 is 0 Å². The zero-order chi connectivity index (χ0) is 14.8. The van der Waals surface area contributed by atoms with Gasteiger partial charge in [0.25, 0.3) is 0 Å². The van der Waals surface area contributed by atoms with Crippen molar-refractivity contribution in [3.63, 3.8) is 0 Å². The number of hydrogen-bond acceptors (Lipinski definition) is 4. The van der Waals surface area contributed by atoms with Gasteiger partial charge in [0.1, 0.15) is 12.4 Å². The molecule has 0 aliphatic rings. The molecule has 0 unspecified atom stereocenters. The number of hydrogen-bond donors (Lipinski definition) is 0. The second kappa shape index (κ2) is 9.08. The van der Waals surface area contributed by atoms with E-state index in [4.69, 9.17) is 9.57 Å². The predicted molar refractivity (Wildman–Crippen MR) is 87.2 cm³/mol. The van der Waals surface area contributed by atoms with Crippen LogP contribution in [0.1, 0.15) is 13.3 Å². The molecule has 0 saturated carbocycles. The van der Waals surface area contributed by atoms with E-state index in [-0.39, 0.29) is 0 Å². The smallest absolute Gasteiger partial charge is 0.151 e. The van der Waals surface area contributed by atoms with Gasteiger partial charge in [-0.3, -0.25) is 0 Å². The van der Waals surface area contributed by atoms with Crippen molar-refractivity contribution in [2.45, 2.75) is 23.1 Å². The molecule has 0 radical (unpaired) electrons. The van der Waals surface area contributed by atoms with E-state index in [1.807, 2.05) is 37.3 Å². The molecule has 0 atom stereocenters. The van der Waals surface area contributed by atoms with E-state index >= 15 is 0 Å². The Balaban J connectivity index is 1.75. The van der Waals surface area contributed by atoms with Crippen LogP contribution in [-0.4, -0.2) is 19.4 Å². The third-order valence-corrected chi connectivity index (χ3v) is 3.59. The molecule has 4 heteroatoms. The topological polar surface area (TPSA) is 30.8 Å². The molecule has 0 heterocycles. The van der Waals surface area contributed by atoms with Crippen molar-refractivity contribution in [1.29, 1.82) is 0 Å². The van der Waals surface area contributed by atoms with Crippen LogP contribution in [0.5, 0.6) is 5.75 Å². The molecule has 0 bridgehead atoms. The van der Waals surface area contributed by atoms with E-state index in [0.29, 0.717) is 13.2 Å². The van der Waals surface area contributed by atoms with Crippen LogP contribution in [0.4, 0.5) is 0 Å². The lowest BCUT2D eigenvalue weighted by atomic mass is 10.3. The van der Waals surface area contributed by atoms with Crippen molar-refractivity contribution in [2.24, 2.45) is 5.16 Å². The first-order chi connectivity index (χ1) is 10.4. The molecule has 0 aliphatic carbocycles. The Morgan fingerprint density at radius 1 is 0.952 bits per heavy atom. The molecule has 2 aromatic rings. The van der Waals surface area contributed by atoms with Gasteiger partial charge in [-0.05, 0) is 42.8 Å². The highest BCUT2D eigenvalue weighted by molar-refractivity contribution is 7.99.